The molecule has 1 heterocycles. The van der Waals surface area contributed by atoms with Crippen molar-refractivity contribution in [2.75, 3.05) is 17.7 Å². The van der Waals surface area contributed by atoms with Crippen LogP contribution in [0.3, 0.4) is 0 Å². The Morgan fingerprint density at radius 1 is 1.44 bits per heavy atom. The molecule has 0 bridgehead atoms. The van der Waals surface area contributed by atoms with Crippen LogP contribution >= 0.6 is 11.6 Å². The molecule has 2 amide bonds. The minimum Gasteiger partial charge on any atom is -0.356 e. The van der Waals surface area contributed by atoms with E-state index in [0.29, 0.717) is 25.3 Å². The van der Waals surface area contributed by atoms with Crippen molar-refractivity contribution in [2.45, 2.75) is 19.3 Å². The Labute approximate surface area is 111 Å². The normalized spacial score (nSPS) is 13.1. The van der Waals surface area contributed by atoms with Gasteiger partial charge >= 0.3 is 0 Å². The van der Waals surface area contributed by atoms with Crippen LogP contribution in [0.5, 0.6) is 0 Å². The fraction of sp³-hybridized carbons (Fsp3) is 0.385. The SMILES string of the molecule is O=C(CCCl)NCCc1ccc2c(c1)CC(=O)N2. The first-order chi connectivity index (χ1) is 8.69. The maximum atomic E-state index is 11.2. The summed E-state index contributed by atoms with van der Waals surface area (Å²) >= 11 is 5.47. The van der Waals surface area contributed by atoms with Gasteiger partial charge in [0, 0.05) is 24.5 Å². The van der Waals surface area contributed by atoms with E-state index in [9.17, 15) is 9.59 Å². The Kier molecular flexibility index (Phi) is 4.20. The molecule has 0 saturated heterocycles. The van der Waals surface area contributed by atoms with E-state index in [-0.39, 0.29) is 11.8 Å². The highest BCUT2D eigenvalue weighted by Gasteiger charge is 2.17. The zero-order chi connectivity index (χ0) is 13.0. The van der Waals surface area contributed by atoms with Crippen molar-refractivity contribution in [1.29, 1.82) is 0 Å². The maximum absolute atomic E-state index is 11.2. The quantitative estimate of drug-likeness (QED) is 0.793. The molecule has 0 saturated carbocycles. The molecule has 1 aliphatic heterocycles. The fourth-order valence-corrected chi connectivity index (χ4v) is 2.13. The summed E-state index contributed by atoms with van der Waals surface area (Å²) in [5, 5.41) is 5.59. The molecule has 1 aliphatic rings. The number of fused-ring (bicyclic) bond motifs is 1. The van der Waals surface area contributed by atoms with Gasteiger partial charge in [0.2, 0.25) is 11.8 Å². The van der Waals surface area contributed by atoms with Gasteiger partial charge in [-0.1, -0.05) is 12.1 Å². The molecule has 96 valence electrons. The van der Waals surface area contributed by atoms with Gasteiger partial charge in [-0.05, 0) is 23.6 Å². The zero-order valence-electron chi connectivity index (χ0n) is 9.96. The molecule has 0 radical (unpaired) electrons. The van der Waals surface area contributed by atoms with Gasteiger partial charge in [-0.25, -0.2) is 0 Å². The Balaban J connectivity index is 1.86. The van der Waals surface area contributed by atoms with Crippen molar-refractivity contribution in [3.05, 3.63) is 29.3 Å². The molecule has 0 atom stereocenters. The van der Waals surface area contributed by atoms with E-state index in [1.54, 1.807) is 0 Å². The van der Waals surface area contributed by atoms with Crippen LogP contribution < -0.4 is 10.6 Å². The molecule has 1 aromatic carbocycles. The van der Waals surface area contributed by atoms with Crippen molar-refractivity contribution in [2.24, 2.45) is 0 Å². The van der Waals surface area contributed by atoms with Crippen molar-refractivity contribution in [3.63, 3.8) is 0 Å². The van der Waals surface area contributed by atoms with Crippen LogP contribution in [0, 0.1) is 0 Å². The summed E-state index contributed by atoms with van der Waals surface area (Å²) in [6.45, 7) is 0.593. The third-order valence-corrected chi connectivity index (χ3v) is 3.04. The Morgan fingerprint density at radius 2 is 2.28 bits per heavy atom. The summed E-state index contributed by atoms with van der Waals surface area (Å²) in [6, 6.07) is 5.90. The molecule has 5 heteroatoms. The standard InChI is InChI=1S/C13H15ClN2O2/c14-5-3-12(17)15-6-4-9-1-2-11-10(7-9)8-13(18)16-11/h1-2,7H,3-6,8H2,(H,15,17)(H,16,18). The molecule has 0 aliphatic carbocycles. The summed E-state index contributed by atoms with van der Waals surface area (Å²) < 4.78 is 0. The van der Waals surface area contributed by atoms with Crippen molar-refractivity contribution < 1.29 is 9.59 Å². The molecular weight excluding hydrogens is 252 g/mol. The molecule has 1 aromatic rings. The van der Waals surface area contributed by atoms with Gasteiger partial charge in [0.15, 0.2) is 0 Å². The summed E-state index contributed by atoms with van der Waals surface area (Å²) in [4.78, 5) is 22.4. The van der Waals surface area contributed by atoms with E-state index < -0.39 is 0 Å². The first kappa shape index (κ1) is 12.9. The van der Waals surface area contributed by atoms with Crippen LogP contribution in [0.1, 0.15) is 17.5 Å². The Bertz CT molecular complexity index is 474. The summed E-state index contributed by atoms with van der Waals surface area (Å²) in [6.07, 6.45) is 1.56. The number of nitrogens with one attached hydrogen (secondary N) is 2. The second-order valence-corrected chi connectivity index (χ2v) is 4.63. The highest BCUT2D eigenvalue weighted by atomic mass is 35.5. The Hall–Kier alpha value is -1.55. The minimum absolute atomic E-state index is 0.0250. The largest absolute Gasteiger partial charge is 0.356 e. The molecule has 0 fully saturated rings. The number of amides is 2. The molecule has 0 unspecified atom stereocenters. The van der Waals surface area contributed by atoms with Gasteiger partial charge in [0.05, 0.1) is 6.42 Å². The monoisotopic (exact) mass is 266 g/mol. The summed E-state index contributed by atoms with van der Waals surface area (Å²) in [5.74, 6) is 0.360. The number of carbonyl (C=O) groups is 2. The van der Waals surface area contributed by atoms with Gasteiger partial charge in [-0.3, -0.25) is 9.59 Å². The van der Waals surface area contributed by atoms with Crippen LogP contribution in [0.4, 0.5) is 5.69 Å². The maximum Gasteiger partial charge on any atom is 0.228 e. The highest BCUT2D eigenvalue weighted by Crippen LogP contribution is 2.23. The molecule has 2 rings (SSSR count). The smallest absolute Gasteiger partial charge is 0.228 e. The van der Waals surface area contributed by atoms with Gasteiger partial charge in [0.25, 0.3) is 0 Å². The summed E-state index contributed by atoms with van der Waals surface area (Å²) in [5.41, 5.74) is 3.05. The summed E-state index contributed by atoms with van der Waals surface area (Å²) in [7, 11) is 0. The first-order valence-corrected chi connectivity index (χ1v) is 6.47. The highest BCUT2D eigenvalue weighted by molar-refractivity contribution is 6.18. The molecule has 18 heavy (non-hydrogen) atoms. The third-order valence-electron chi connectivity index (χ3n) is 2.85. The van der Waals surface area contributed by atoms with Crippen LogP contribution in [0.2, 0.25) is 0 Å². The second-order valence-electron chi connectivity index (χ2n) is 4.26. The van der Waals surface area contributed by atoms with Crippen LogP contribution in [-0.2, 0) is 22.4 Å². The number of carbonyl (C=O) groups excluding carboxylic acids is 2. The molecule has 4 nitrogen and oxygen atoms in total. The van der Waals surface area contributed by atoms with Gasteiger partial charge in [-0.15, -0.1) is 11.6 Å². The van der Waals surface area contributed by atoms with E-state index in [0.717, 1.165) is 23.2 Å². The average molecular weight is 267 g/mol. The topological polar surface area (TPSA) is 58.2 Å². The lowest BCUT2D eigenvalue weighted by Gasteiger charge is -2.06. The lowest BCUT2D eigenvalue weighted by atomic mass is 10.1. The van der Waals surface area contributed by atoms with Gasteiger partial charge in [0.1, 0.15) is 0 Å². The van der Waals surface area contributed by atoms with E-state index >= 15 is 0 Å². The molecule has 0 aromatic heterocycles. The van der Waals surface area contributed by atoms with E-state index in [4.69, 9.17) is 11.6 Å². The molecule has 2 N–H and O–H groups in total. The third kappa shape index (κ3) is 3.23. The van der Waals surface area contributed by atoms with Crippen LogP contribution in [-0.4, -0.2) is 24.2 Å². The average Bonchev–Trinajstić information content (AvgIpc) is 2.69. The lowest BCUT2D eigenvalue weighted by Crippen LogP contribution is -2.25. The zero-order valence-corrected chi connectivity index (χ0v) is 10.7. The van der Waals surface area contributed by atoms with E-state index in [1.165, 1.54) is 0 Å². The second kappa shape index (κ2) is 5.87. The number of rotatable bonds is 5. The number of anilines is 1. The van der Waals surface area contributed by atoms with Crippen LogP contribution in [0.15, 0.2) is 18.2 Å². The fourth-order valence-electron chi connectivity index (χ4n) is 1.96. The number of hydrogen-bond acceptors (Lipinski definition) is 2. The van der Waals surface area contributed by atoms with Crippen molar-refractivity contribution in [3.8, 4) is 0 Å². The predicted molar refractivity (Wildman–Crippen MR) is 70.8 cm³/mol. The molecular formula is C13H15ClN2O2. The predicted octanol–water partition coefficient (Wildman–Crippen LogP) is 1.47. The van der Waals surface area contributed by atoms with Crippen molar-refractivity contribution in [1.82, 2.24) is 5.32 Å². The van der Waals surface area contributed by atoms with E-state index in [1.807, 2.05) is 18.2 Å². The van der Waals surface area contributed by atoms with Gasteiger partial charge < -0.3 is 10.6 Å². The number of halogens is 1. The van der Waals surface area contributed by atoms with E-state index in [2.05, 4.69) is 10.6 Å². The number of benzene rings is 1. The van der Waals surface area contributed by atoms with Crippen molar-refractivity contribution >= 4 is 29.1 Å². The van der Waals surface area contributed by atoms with Crippen LogP contribution in [0.25, 0.3) is 0 Å². The minimum atomic E-state index is -0.0250. The Morgan fingerprint density at radius 3 is 3.06 bits per heavy atom. The molecule has 0 spiro atoms. The van der Waals surface area contributed by atoms with Gasteiger partial charge in [-0.2, -0.15) is 0 Å². The first-order valence-electron chi connectivity index (χ1n) is 5.93. The number of hydrogen-bond donors (Lipinski definition) is 2. The lowest BCUT2D eigenvalue weighted by molar-refractivity contribution is -0.120. The number of alkyl halides is 1.